The molecule has 0 radical (unpaired) electrons. The molecule has 1 saturated carbocycles. The van der Waals surface area contributed by atoms with Gasteiger partial charge in [-0.15, -0.1) is 0 Å². The van der Waals surface area contributed by atoms with Gasteiger partial charge in [0.05, 0.1) is 11.3 Å². The molecule has 0 heterocycles. The Morgan fingerprint density at radius 3 is 2.19 bits per heavy atom. The van der Waals surface area contributed by atoms with E-state index in [1.807, 2.05) is 0 Å². The van der Waals surface area contributed by atoms with E-state index in [2.05, 4.69) is 5.32 Å². The summed E-state index contributed by atoms with van der Waals surface area (Å²) in [4.78, 5) is 27.8. The van der Waals surface area contributed by atoms with E-state index >= 15 is 0 Å². The molecule has 1 aliphatic rings. The molecular weight excluding hydrogens is 352 g/mol. The number of benzene rings is 2. The maximum atomic E-state index is 14.1. The maximum Gasteiger partial charge on any atom is 0.257 e. The van der Waals surface area contributed by atoms with Crippen LogP contribution in [0.2, 0.25) is 0 Å². The van der Waals surface area contributed by atoms with Crippen LogP contribution in [-0.4, -0.2) is 33.0 Å². The van der Waals surface area contributed by atoms with E-state index in [4.69, 9.17) is 0 Å². The van der Waals surface area contributed by atoms with E-state index in [0.717, 1.165) is 25.0 Å². The highest BCUT2D eigenvalue weighted by molar-refractivity contribution is 6.11. The number of para-hydroxylation sites is 1. The Kier molecular flexibility index (Phi) is 5.12. The number of amides is 2. The summed E-state index contributed by atoms with van der Waals surface area (Å²) in [6, 6.07) is 8.78. The number of hydrogen-bond donors (Lipinski definition) is 1. The third kappa shape index (κ3) is 3.92. The van der Waals surface area contributed by atoms with Crippen LogP contribution in [0.4, 0.5) is 25.8 Å². The Balaban J connectivity index is 1.86. The van der Waals surface area contributed by atoms with Crippen LogP contribution in [0.25, 0.3) is 0 Å². The van der Waals surface area contributed by atoms with Crippen LogP contribution >= 0.6 is 0 Å². The summed E-state index contributed by atoms with van der Waals surface area (Å²) in [5, 5.41) is 2.51. The summed E-state index contributed by atoms with van der Waals surface area (Å²) in [6.45, 7) is 0. The van der Waals surface area contributed by atoms with Crippen LogP contribution in [0.15, 0.2) is 36.4 Å². The molecule has 0 aromatic heterocycles. The van der Waals surface area contributed by atoms with E-state index in [1.165, 1.54) is 23.9 Å². The van der Waals surface area contributed by atoms with Gasteiger partial charge in [0.25, 0.3) is 5.91 Å². The first-order chi connectivity index (χ1) is 12.8. The standard InChI is InChI=1S/C20H21F2N3O2/c1-24(2)18-15(21)10-13(11-16(18)22)23-19(26)14-6-4-5-7-17(14)25(3)20(27)12-8-9-12/h4-7,10-12H,8-9H2,1-3H3,(H,23,26). The van der Waals surface area contributed by atoms with Crippen LogP contribution in [0.3, 0.4) is 0 Å². The van der Waals surface area contributed by atoms with Crippen molar-refractivity contribution in [3.05, 3.63) is 53.6 Å². The molecule has 0 saturated heterocycles. The second kappa shape index (κ2) is 7.34. The predicted octanol–water partition coefficient (Wildman–Crippen LogP) is 3.66. The average molecular weight is 373 g/mol. The first kappa shape index (κ1) is 18.8. The number of carbonyl (C=O) groups excluding carboxylic acids is 2. The van der Waals surface area contributed by atoms with Gasteiger partial charge >= 0.3 is 0 Å². The monoisotopic (exact) mass is 373 g/mol. The summed E-state index contributed by atoms with van der Waals surface area (Å²) < 4.78 is 28.3. The molecule has 142 valence electrons. The third-order valence-electron chi connectivity index (χ3n) is 4.49. The molecule has 2 aromatic rings. The lowest BCUT2D eigenvalue weighted by molar-refractivity contribution is -0.119. The first-order valence-electron chi connectivity index (χ1n) is 8.64. The molecule has 0 atom stereocenters. The lowest BCUT2D eigenvalue weighted by Crippen LogP contribution is -2.30. The van der Waals surface area contributed by atoms with Gasteiger partial charge in [-0.2, -0.15) is 0 Å². The van der Waals surface area contributed by atoms with Crippen LogP contribution in [-0.2, 0) is 4.79 Å². The topological polar surface area (TPSA) is 52.7 Å². The fourth-order valence-electron chi connectivity index (χ4n) is 2.94. The largest absolute Gasteiger partial charge is 0.373 e. The molecule has 3 rings (SSSR count). The van der Waals surface area contributed by atoms with Crippen molar-refractivity contribution in [2.24, 2.45) is 5.92 Å². The Morgan fingerprint density at radius 2 is 1.63 bits per heavy atom. The van der Waals surface area contributed by atoms with E-state index in [9.17, 15) is 18.4 Å². The van der Waals surface area contributed by atoms with Crippen LogP contribution in [0.5, 0.6) is 0 Å². The molecule has 0 unspecified atom stereocenters. The number of anilines is 3. The van der Waals surface area contributed by atoms with Gasteiger partial charge in [0.2, 0.25) is 5.91 Å². The molecule has 5 nitrogen and oxygen atoms in total. The number of nitrogens with zero attached hydrogens (tertiary/aromatic N) is 2. The zero-order valence-electron chi connectivity index (χ0n) is 15.4. The minimum atomic E-state index is -0.774. The molecule has 2 amide bonds. The molecule has 0 aliphatic heterocycles. The highest BCUT2D eigenvalue weighted by Gasteiger charge is 2.33. The quantitative estimate of drug-likeness (QED) is 0.870. The molecule has 1 fully saturated rings. The van der Waals surface area contributed by atoms with Crippen molar-refractivity contribution >= 4 is 28.9 Å². The van der Waals surface area contributed by atoms with Crippen molar-refractivity contribution in [1.29, 1.82) is 0 Å². The smallest absolute Gasteiger partial charge is 0.257 e. The van der Waals surface area contributed by atoms with Crippen molar-refractivity contribution in [2.45, 2.75) is 12.8 Å². The van der Waals surface area contributed by atoms with Gasteiger partial charge < -0.3 is 15.1 Å². The summed E-state index contributed by atoms with van der Waals surface area (Å²) in [5.41, 5.74) is 0.541. The number of nitrogens with one attached hydrogen (secondary N) is 1. The van der Waals surface area contributed by atoms with Gasteiger partial charge in [-0.1, -0.05) is 12.1 Å². The molecular formula is C20H21F2N3O2. The third-order valence-corrected chi connectivity index (χ3v) is 4.49. The van der Waals surface area contributed by atoms with Crippen LogP contribution < -0.4 is 15.1 Å². The highest BCUT2D eigenvalue weighted by atomic mass is 19.1. The van der Waals surface area contributed by atoms with Crippen molar-refractivity contribution in [3.8, 4) is 0 Å². The Bertz CT molecular complexity index is 872. The lowest BCUT2D eigenvalue weighted by Gasteiger charge is -2.20. The minimum Gasteiger partial charge on any atom is -0.373 e. The number of hydrogen-bond acceptors (Lipinski definition) is 3. The average Bonchev–Trinajstić information content (AvgIpc) is 3.44. The Morgan fingerprint density at radius 1 is 1.04 bits per heavy atom. The number of halogens is 2. The van der Waals surface area contributed by atoms with Gasteiger partial charge in [0, 0.05) is 32.7 Å². The predicted molar refractivity (Wildman–Crippen MR) is 101 cm³/mol. The molecule has 0 bridgehead atoms. The van der Waals surface area contributed by atoms with Gasteiger partial charge in [0.15, 0.2) is 11.6 Å². The van der Waals surface area contributed by atoms with E-state index in [1.54, 1.807) is 31.3 Å². The zero-order chi connectivity index (χ0) is 19.7. The van der Waals surface area contributed by atoms with Gasteiger partial charge in [-0.25, -0.2) is 8.78 Å². The second-order valence-electron chi connectivity index (χ2n) is 6.83. The Hall–Kier alpha value is -2.96. The van der Waals surface area contributed by atoms with Gasteiger partial charge in [0.1, 0.15) is 5.69 Å². The molecule has 1 aliphatic carbocycles. The molecule has 2 aromatic carbocycles. The van der Waals surface area contributed by atoms with Crippen LogP contribution in [0.1, 0.15) is 23.2 Å². The SMILES string of the molecule is CN(C)c1c(F)cc(NC(=O)c2ccccc2N(C)C(=O)C2CC2)cc1F. The molecule has 7 heteroatoms. The van der Waals surface area contributed by atoms with Crippen molar-refractivity contribution in [3.63, 3.8) is 0 Å². The Labute approximate surface area is 156 Å². The number of rotatable bonds is 5. The maximum absolute atomic E-state index is 14.1. The zero-order valence-corrected chi connectivity index (χ0v) is 15.4. The van der Waals surface area contributed by atoms with Crippen LogP contribution in [0, 0.1) is 17.6 Å². The van der Waals surface area contributed by atoms with Crippen molar-refractivity contribution in [2.75, 3.05) is 36.3 Å². The normalized spacial score (nSPS) is 13.2. The summed E-state index contributed by atoms with van der Waals surface area (Å²) >= 11 is 0. The first-order valence-corrected chi connectivity index (χ1v) is 8.64. The fourth-order valence-corrected chi connectivity index (χ4v) is 2.94. The van der Waals surface area contributed by atoms with E-state index < -0.39 is 17.5 Å². The van der Waals surface area contributed by atoms with E-state index in [-0.39, 0.29) is 28.8 Å². The number of carbonyl (C=O) groups is 2. The van der Waals surface area contributed by atoms with Crippen molar-refractivity contribution < 1.29 is 18.4 Å². The minimum absolute atomic E-state index is 0.00609. The molecule has 0 spiro atoms. The highest BCUT2D eigenvalue weighted by Crippen LogP contribution is 2.33. The van der Waals surface area contributed by atoms with Crippen molar-refractivity contribution in [1.82, 2.24) is 0 Å². The van der Waals surface area contributed by atoms with Gasteiger partial charge in [-0.05, 0) is 37.1 Å². The molecule has 1 N–H and O–H groups in total. The van der Waals surface area contributed by atoms with Gasteiger partial charge in [-0.3, -0.25) is 9.59 Å². The molecule has 27 heavy (non-hydrogen) atoms. The summed E-state index contributed by atoms with van der Waals surface area (Å²) in [5.74, 6) is -2.12. The summed E-state index contributed by atoms with van der Waals surface area (Å²) in [6.07, 6.45) is 1.71. The lowest BCUT2D eigenvalue weighted by atomic mass is 10.1. The fraction of sp³-hybridized carbons (Fsp3) is 0.300. The van der Waals surface area contributed by atoms with E-state index in [0.29, 0.717) is 5.69 Å². The second-order valence-corrected chi connectivity index (χ2v) is 6.83. The summed E-state index contributed by atoms with van der Waals surface area (Å²) in [7, 11) is 4.68.